The van der Waals surface area contributed by atoms with Gasteiger partial charge in [-0.3, -0.25) is 4.79 Å². The molecule has 1 aliphatic rings. The standard InChI is InChI=1S/C15H30N2O/c1-3-5-6-7-10-15(18)17(12-4-2)13-14-9-8-11-16-14/h14,16H,3-13H2,1-2H3. The molecule has 3 heteroatoms. The van der Waals surface area contributed by atoms with Crippen molar-refractivity contribution in [3.63, 3.8) is 0 Å². The minimum Gasteiger partial charge on any atom is -0.341 e. The number of carbonyl (C=O) groups excluding carboxylic acids is 1. The predicted molar refractivity (Wildman–Crippen MR) is 76.7 cm³/mol. The maximum atomic E-state index is 12.2. The van der Waals surface area contributed by atoms with E-state index in [4.69, 9.17) is 0 Å². The van der Waals surface area contributed by atoms with E-state index in [2.05, 4.69) is 24.1 Å². The van der Waals surface area contributed by atoms with Crippen molar-refractivity contribution < 1.29 is 4.79 Å². The van der Waals surface area contributed by atoms with Crippen LogP contribution in [0.1, 0.15) is 65.2 Å². The molecule has 1 rings (SSSR count). The summed E-state index contributed by atoms with van der Waals surface area (Å²) in [6.45, 7) is 7.32. The summed E-state index contributed by atoms with van der Waals surface area (Å²) in [4.78, 5) is 14.3. The van der Waals surface area contributed by atoms with Crippen LogP contribution in [0.4, 0.5) is 0 Å². The minimum atomic E-state index is 0.363. The fourth-order valence-corrected chi connectivity index (χ4v) is 2.63. The third kappa shape index (κ3) is 5.85. The number of hydrogen-bond acceptors (Lipinski definition) is 2. The third-order valence-electron chi connectivity index (χ3n) is 3.69. The van der Waals surface area contributed by atoms with Crippen molar-refractivity contribution in [2.75, 3.05) is 19.6 Å². The Labute approximate surface area is 112 Å². The first-order valence-electron chi connectivity index (χ1n) is 7.79. The molecule has 0 aromatic rings. The molecule has 1 amide bonds. The predicted octanol–water partition coefficient (Wildman–Crippen LogP) is 2.95. The summed E-state index contributed by atoms with van der Waals surface area (Å²) >= 11 is 0. The fourth-order valence-electron chi connectivity index (χ4n) is 2.63. The lowest BCUT2D eigenvalue weighted by atomic mass is 10.1. The molecule has 0 saturated carbocycles. The highest BCUT2D eigenvalue weighted by atomic mass is 16.2. The Bertz CT molecular complexity index is 225. The molecule has 0 radical (unpaired) electrons. The molecule has 1 atom stereocenters. The Morgan fingerprint density at radius 2 is 2.06 bits per heavy atom. The molecule has 1 unspecified atom stereocenters. The third-order valence-corrected chi connectivity index (χ3v) is 3.69. The molecule has 0 aliphatic carbocycles. The lowest BCUT2D eigenvalue weighted by molar-refractivity contribution is -0.131. The van der Waals surface area contributed by atoms with Crippen LogP contribution in [-0.2, 0) is 4.79 Å². The summed E-state index contributed by atoms with van der Waals surface area (Å²) < 4.78 is 0. The quantitative estimate of drug-likeness (QED) is 0.642. The van der Waals surface area contributed by atoms with E-state index in [9.17, 15) is 4.79 Å². The Morgan fingerprint density at radius 1 is 1.22 bits per heavy atom. The van der Waals surface area contributed by atoms with Gasteiger partial charge < -0.3 is 10.2 Å². The fraction of sp³-hybridized carbons (Fsp3) is 0.933. The smallest absolute Gasteiger partial charge is 0.222 e. The Morgan fingerprint density at radius 3 is 2.67 bits per heavy atom. The second kappa shape index (κ2) is 9.37. The molecule has 1 saturated heterocycles. The first-order valence-corrected chi connectivity index (χ1v) is 7.79. The van der Waals surface area contributed by atoms with Gasteiger partial charge in [0, 0.05) is 25.6 Å². The normalized spacial score (nSPS) is 19.1. The monoisotopic (exact) mass is 254 g/mol. The highest BCUT2D eigenvalue weighted by Gasteiger charge is 2.20. The second-order valence-corrected chi connectivity index (χ2v) is 5.44. The van der Waals surface area contributed by atoms with Crippen molar-refractivity contribution >= 4 is 5.91 Å². The first-order chi connectivity index (χ1) is 8.77. The Balaban J connectivity index is 2.27. The molecule has 0 bridgehead atoms. The van der Waals surface area contributed by atoms with Crippen molar-refractivity contribution in [2.45, 2.75) is 71.3 Å². The van der Waals surface area contributed by atoms with Crippen molar-refractivity contribution in [3.8, 4) is 0 Å². The van der Waals surface area contributed by atoms with Gasteiger partial charge in [-0.1, -0.05) is 33.1 Å². The van der Waals surface area contributed by atoms with E-state index < -0.39 is 0 Å². The molecule has 1 heterocycles. The van der Waals surface area contributed by atoms with E-state index in [0.717, 1.165) is 38.9 Å². The summed E-state index contributed by atoms with van der Waals surface area (Å²) in [5.41, 5.74) is 0. The molecule has 106 valence electrons. The van der Waals surface area contributed by atoms with Gasteiger partial charge in [-0.25, -0.2) is 0 Å². The van der Waals surface area contributed by atoms with Crippen LogP contribution in [0.2, 0.25) is 0 Å². The SMILES string of the molecule is CCCCCCC(=O)N(CCC)CC1CCCN1. The zero-order valence-corrected chi connectivity index (χ0v) is 12.2. The van der Waals surface area contributed by atoms with Gasteiger partial charge in [0.15, 0.2) is 0 Å². The number of unbranched alkanes of at least 4 members (excludes halogenated alkanes) is 3. The topological polar surface area (TPSA) is 32.3 Å². The van der Waals surface area contributed by atoms with Crippen LogP contribution in [0.15, 0.2) is 0 Å². The van der Waals surface area contributed by atoms with Crippen LogP contribution in [0.5, 0.6) is 0 Å². The van der Waals surface area contributed by atoms with Crippen LogP contribution in [0, 0.1) is 0 Å². The number of hydrogen-bond donors (Lipinski definition) is 1. The molecule has 0 aromatic heterocycles. The average Bonchev–Trinajstić information content (AvgIpc) is 2.87. The maximum absolute atomic E-state index is 12.2. The number of carbonyl (C=O) groups is 1. The molecule has 0 aromatic carbocycles. The Kier molecular flexibility index (Phi) is 8.06. The van der Waals surface area contributed by atoms with Crippen LogP contribution in [0.25, 0.3) is 0 Å². The van der Waals surface area contributed by atoms with E-state index >= 15 is 0 Å². The molecule has 18 heavy (non-hydrogen) atoms. The molecule has 1 N–H and O–H groups in total. The van der Waals surface area contributed by atoms with Crippen molar-refractivity contribution in [1.82, 2.24) is 10.2 Å². The van der Waals surface area contributed by atoms with Gasteiger partial charge in [0.1, 0.15) is 0 Å². The van der Waals surface area contributed by atoms with Gasteiger partial charge >= 0.3 is 0 Å². The maximum Gasteiger partial charge on any atom is 0.222 e. The van der Waals surface area contributed by atoms with E-state index in [1.54, 1.807) is 0 Å². The Hall–Kier alpha value is -0.570. The largest absolute Gasteiger partial charge is 0.341 e. The van der Waals surface area contributed by atoms with Gasteiger partial charge in [-0.15, -0.1) is 0 Å². The summed E-state index contributed by atoms with van der Waals surface area (Å²) in [6.07, 6.45) is 9.04. The lowest BCUT2D eigenvalue weighted by Crippen LogP contribution is -2.41. The zero-order chi connectivity index (χ0) is 13.2. The average molecular weight is 254 g/mol. The van der Waals surface area contributed by atoms with Crippen LogP contribution < -0.4 is 5.32 Å². The summed E-state index contributed by atoms with van der Waals surface area (Å²) in [6, 6.07) is 0.538. The van der Waals surface area contributed by atoms with Crippen LogP contribution in [-0.4, -0.2) is 36.5 Å². The highest BCUT2D eigenvalue weighted by Crippen LogP contribution is 2.10. The molecule has 3 nitrogen and oxygen atoms in total. The van der Waals surface area contributed by atoms with Gasteiger partial charge in [0.25, 0.3) is 0 Å². The zero-order valence-electron chi connectivity index (χ0n) is 12.2. The van der Waals surface area contributed by atoms with Gasteiger partial charge in [0.2, 0.25) is 5.91 Å². The van der Waals surface area contributed by atoms with E-state index in [0.29, 0.717) is 11.9 Å². The van der Waals surface area contributed by atoms with Gasteiger partial charge in [-0.2, -0.15) is 0 Å². The number of rotatable bonds is 9. The lowest BCUT2D eigenvalue weighted by Gasteiger charge is -2.25. The number of nitrogens with zero attached hydrogens (tertiary/aromatic N) is 1. The molecular formula is C15H30N2O. The number of amides is 1. The van der Waals surface area contributed by atoms with Crippen LogP contribution in [0.3, 0.4) is 0 Å². The highest BCUT2D eigenvalue weighted by molar-refractivity contribution is 5.76. The second-order valence-electron chi connectivity index (χ2n) is 5.44. The van der Waals surface area contributed by atoms with E-state index in [1.807, 2.05) is 0 Å². The molecule has 0 spiro atoms. The van der Waals surface area contributed by atoms with Gasteiger partial charge in [0.05, 0.1) is 0 Å². The van der Waals surface area contributed by atoms with Crippen molar-refractivity contribution in [1.29, 1.82) is 0 Å². The molecule has 1 aliphatic heterocycles. The van der Waals surface area contributed by atoms with E-state index in [1.165, 1.54) is 32.1 Å². The van der Waals surface area contributed by atoms with Crippen molar-refractivity contribution in [3.05, 3.63) is 0 Å². The van der Waals surface area contributed by atoms with Crippen LogP contribution >= 0.6 is 0 Å². The first kappa shape index (κ1) is 15.5. The summed E-state index contributed by atoms with van der Waals surface area (Å²) in [5, 5.41) is 3.48. The number of nitrogens with one attached hydrogen (secondary N) is 1. The molecule has 1 fully saturated rings. The minimum absolute atomic E-state index is 0.363. The van der Waals surface area contributed by atoms with Crippen molar-refractivity contribution in [2.24, 2.45) is 0 Å². The molecular weight excluding hydrogens is 224 g/mol. The van der Waals surface area contributed by atoms with E-state index in [-0.39, 0.29) is 0 Å². The van der Waals surface area contributed by atoms with Gasteiger partial charge in [-0.05, 0) is 32.2 Å². The summed E-state index contributed by atoms with van der Waals surface area (Å²) in [5.74, 6) is 0.363. The summed E-state index contributed by atoms with van der Waals surface area (Å²) in [7, 11) is 0.